The van der Waals surface area contributed by atoms with E-state index in [1.54, 1.807) is 4.90 Å². The second-order valence-corrected chi connectivity index (χ2v) is 7.02. The molecule has 0 N–H and O–H groups in total. The molecule has 0 fully saturated rings. The molecule has 1 aliphatic rings. The number of hydrogen-bond donors (Lipinski definition) is 0. The van der Waals surface area contributed by atoms with Crippen molar-refractivity contribution in [2.24, 2.45) is 0 Å². The number of carbonyl (C=O) groups is 1. The second kappa shape index (κ2) is 5.81. The Hall–Kier alpha value is -3.40. The zero-order valence-electron chi connectivity index (χ0n) is 15.2. The quantitative estimate of drug-likeness (QED) is 0.492. The van der Waals surface area contributed by atoms with E-state index in [0.717, 1.165) is 33.5 Å². The Morgan fingerprint density at radius 1 is 0.963 bits per heavy atom. The average Bonchev–Trinajstić information content (AvgIpc) is 3.24. The van der Waals surface area contributed by atoms with Crippen LogP contribution in [0.5, 0.6) is 0 Å². The predicted molar refractivity (Wildman–Crippen MR) is 106 cm³/mol. The molecular weight excluding hydrogens is 336 g/mol. The molecule has 0 saturated heterocycles. The summed E-state index contributed by atoms with van der Waals surface area (Å²) in [7, 11) is 0. The number of oxazole rings is 1. The summed E-state index contributed by atoms with van der Waals surface area (Å²) in [5, 5.41) is 0. The van der Waals surface area contributed by atoms with Gasteiger partial charge in [0.1, 0.15) is 5.52 Å². The lowest BCUT2D eigenvalue weighted by Crippen LogP contribution is -2.22. The molecule has 0 atom stereocenters. The fraction of sp³-hybridized carbons (Fsp3) is 0.130. The molecule has 2 heterocycles. The Balaban J connectivity index is 1.47. The van der Waals surface area contributed by atoms with E-state index in [0.29, 0.717) is 12.4 Å². The number of carbonyl (C=O) groups excluding carboxylic acids is 1. The van der Waals surface area contributed by atoms with E-state index >= 15 is 0 Å². The molecule has 1 aliphatic heterocycles. The SMILES string of the molecule is Cc1cc2nc(-c3ccc(N4Cc5ccccc5C4=O)cc3)oc2cc1C. The summed E-state index contributed by atoms with van der Waals surface area (Å²) in [5.74, 6) is 0.642. The normalized spacial score (nSPS) is 13.4. The first-order valence-electron chi connectivity index (χ1n) is 8.98. The monoisotopic (exact) mass is 354 g/mol. The summed E-state index contributed by atoms with van der Waals surface area (Å²) in [4.78, 5) is 19.0. The molecule has 1 amide bonds. The Labute approximate surface area is 157 Å². The Morgan fingerprint density at radius 2 is 1.70 bits per heavy atom. The third-order valence-corrected chi connectivity index (χ3v) is 5.25. The van der Waals surface area contributed by atoms with Gasteiger partial charge >= 0.3 is 0 Å². The van der Waals surface area contributed by atoms with Gasteiger partial charge in [-0.3, -0.25) is 4.79 Å². The van der Waals surface area contributed by atoms with Gasteiger partial charge in [0.05, 0.1) is 6.54 Å². The molecule has 3 aromatic carbocycles. The van der Waals surface area contributed by atoms with Crippen LogP contribution >= 0.6 is 0 Å². The molecule has 1 aromatic heterocycles. The zero-order chi connectivity index (χ0) is 18.5. The molecule has 0 spiro atoms. The molecule has 132 valence electrons. The van der Waals surface area contributed by atoms with Crippen LogP contribution < -0.4 is 4.90 Å². The minimum absolute atomic E-state index is 0.0474. The number of hydrogen-bond acceptors (Lipinski definition) is 3. The van der Waals surface area contributed by atoms with Crippen molar-refractivity contribution in [3.05, 3.63) is 82.9 Å². The van der Waals surface area contributed by atoms with Crippen molar-refractivity contribution < 1.29 is 9.21 Å². The summed E-state index contributed by atoms with van der Waals surface area (Å²) in [6.45, 7) is 4.75. The van der Waals surface area contributed by atoms with Gasteiger partial charge in [-0.25, -0.2) is 4.98 Å². The molecule has 0 bridgehead atoms. The minimum Gasteiger partial charge on any atom is -0.436 e. The molecule has 4 nitrogen and oxygen atoms in total. The van der Waals surface area contributed by atoms with E-state index < -0.39 is 0 Å². The van der Waals surface area contributed by atoms with Crippen LogP contribution in [0.1, 0.15) is 27.0 Å². The Kier molecular flexibility index (Phi) is 3.41. The molecular formula is C23H18N2O2. The van der Waals surface area contributed by atoms with Crippen molar-refractivity contribution in [1.82, 2.24) is 4.98 Å². The highest BCUT2D eigenvalue weighted by Gasteiger charge is 2.27. The minimum atomic E-state index is 0.0474. The van der Waals surface area contributed by atoms with E-state index in [9.17, 15) is 4.79 Å². The second-order valence-electron chi connectivity index (χ2n) is 7.02. The largest absolute Gasteiger partial charge is 0.436 e. The maximum absolute atomic E-state index is 12.6. The van der Waals surface area contributed by atoms with Crippen molar-refractivity contribution >= 4 is 22.7 Å². The molecule has 0 unspecified atom stereocenters. The standard InChI is InChI=1S/C23H18N2O2/c1-14-11-20-21(12-15(14)2)27-22(24-20)16-7-9-18(10-8-16)25-13-17-5-3-4-6-19(17)23(25)26/h3-12H,13H2,1-2H3. The van der Waals surface area contributed by atoms with Crippen LogP contribution in [0, 0.1) is 13.8 Å². The number of nitrogens with zero attached hydrogens (tertiary/aromatic N) is 2. The van der Waals surface area contributed by atoms with Gasteiger partial charge in [-0.2, -0.15) is 0 Å². The van der Waals surface area contributed by atoms with Crippen LogP contribution in [0.2, 0.25) is 0 Å². The van der Waals surface area contributed by atoms with E-state index in [1.807, 2.05) is 60.7 Å². The number of fused-ring (bicyclic) bond motifs is 2. The van der Waals surface area contributed by atoms with Gasteiger partial charge < -0.3 is 9.32 Å². The van der Waals surface area contributed by atoms with Crippen molar-refractivity contribution in [3.63, 3.8) is 0 Å². The van der Waals surface area contributed by atoms with E-state index in [2.05, 4.69) is 18.8 Å². The topological polar surface area (TPSA) is 46.3 Å². The van der Waals surface area contributed by atoms with Crippen molar-refractivity contribution in [2.75, 3.05) is 4.90 Å². The van der Waals surface area contributed by atoms with Crippen LogP contribution in [0.4, 0.5) is 5.69 Å². The van der Waals surface area contributed by atoms with Gasteiger partial charge in [-0.15, -0.1) is 0 Å². The van der Waals surface area contributed by atoms with Crippen LogP contribution in [-0.4, -0.2) is 10.9 Å². The molecule has 0 saturated carbocycles. The van der Waals surface area contributed by atoms with Gasteiger partial charge in [-0.05, 0) is 73.0 Å². The van der Waals surface area contributed by atoms with Crippen molar-refractivity contribution in [3.8, 4) is 11.5 Å². The summed E-state index contributed by atoms with van der Waals surface area (Å²) in [6.07, 6.45) is 0. The fourth-order valence-electron chi connectivity index (χ4n) is 3.55. The number of aromatic nitrogens is 1. The summed E-state index contributed by atoms with van der Waals surface area (Å²) < 4.78 is 5.94. The fourth-order valence-corrected chi connectivity index (χ4v) is 3.55. The summed E-state index contributed by atoms with van der Waals surface area (Å²) in [5.41, 5.74) is 7.67. The van der Waals surface area contributed by atoms with Crippen LogP contribution in [-0.2, 0) is 6.54 Å². The van der Waals surface area contributed by atoms with Crippen molar-refractivity contribution in [2.45, 2.75) is 20.4 Å². The number of rotatable bonds is 2. The summed E-state index contributed by atoms with van der Waals surface area (Å²) >= 11 is 0. The molecule has 0 radical (unpaired) electrons. The predicted octanol–water partition coefficient (Wildman–Crippen LogP) is 5.27. The van der Waals surface area contributed by atoms with Gasteiger partial charge in [0.2, 0.25) is 5.89 Å². The number of amides is 1. The van der Waals surface area contributed by atoms with Crippen molar-refractivity contribution in [1.29, 1.82) is 0 Å². The zero-order valence-corrected chi connectivity index (χ0v) is 15.2. The maximum atomic E-state index is 12.6. The number of aryl methyl sites for hydroxylation is 2. The first-order valence-corrected chi connectivity index (χ1v) is 8.98. The number of anilines is 1. The third kappa shape index (κ3) is 2.53. The molecule has 4 heteroatoms. The highest BCUT2D eigenvalue weighted by molar-refractivity contribution is 6.10. The van der Waals surface area contributed by atoms with Crippen LogP contribution in [0.3, 0.4) is 0 Å². The molecule has 4 aromatic rings. The maximum Gasteiger partial charge on any atom is 0.258 e. The highest BCUT2D eigenvalue weighted by atomic mass is 16.3. The lowest BCUT2D eigenvalue weighted by molar-refractivity contribution is 0.0996. The molecule has 27 heavy (non-hydrogen) atoms. The highest BCUT2D eigenvalue weighted by Crippen LogP contribution is 2.31. The lowest BCUT2D eigenvalue weighted by Gasteiger charge is -2.15. The van der Waals surface area contributed by atoms with Crippen LogP contribution in [0.15, 0.2) is 65.1 Å². The Bertz CT molecular complexity index is 1150. The van der Waals surface area contributed by atoms with E-state index in [4.69, 9.17) is 4.42 Å². The van der Waals surface area contributed by atoms with E-state index in [1.165, 1.54) is 11.1 Å². The third-order valence-electron chi connectivity index (χ3n) is 5.25. The first kappa shape index (κ1) is 15.8. The molecule has 5 rings (SSSR count). The first-order chi connectivity index (χ1) is 13.1. The number of benzene rings is 3. The van der Waals surface area contributed by atoms with E-state index in [-0.39, 0.29) is 5.91 Å². The van der Waals surface area contributed by atoms with Gasteiger partial charge in [0, 0.05) is 16.8 Å². The van der Waals surface area contributed by atoms with Gasteiger partial charge in [0.25, 0.3) is 5.91 Å². The lowest BCUT2D eigenvalue weighted by atomic mass is 10.1. The Morgan fingerprint density at radius 3 is 2.48 bits per heavy atom. The van der Waals surface area contributed by atoms with Gasteiger partial charge in [-0.1, -0.05) is 18.2 Å². The summed E-state index contributed by atoms with van der Waals surface area (Å²) in [6, 6.07) is 19.6. The van der Waals surface area contributed by atoms with Gasteiger partial charge in [0.15, 0.2) is 5.58 Å². The smallest absolute Gasteiger partial charge is 0.258 e. The van der Waals surface area contributed by atoms with Crippen LogP contribution in [0.25, 0.3) is 22.6 Å². The average molecular weight is 354 g/mol. The molecule has 0 aliphatic carbocycles.